The summed E-state index contributed by atoms with van der Waals surface area (Å²) < 4.78 is 10.6. The van der Waals surface area contributed by atoms with Crippen molar-refractivity contribution in [3.63, 3.8) is 0 Å². The van der Waals surface area contributed by atoms with Crippen LogP contribution in [0.1, 0.15) is 39.5 Å². The van der Waals surface area contributed by atoms with Crippen LogP contribution < -0.4 is 5.32 Å². The maximum Gasteiger partial charge on any atom is 0.409 e. The number of hydrogen-bond donors (Lipinski definition) is 2. The number of carbonyl (C=O) groups excluding carboxylic acids is 2. The van der Waals surface area contributed by atoms with E-state index in [-0.39, 0.29) is 12.2 Å². The Balaban J connectivity index is 3.07. The standard InChI is InChI=1S/C17H24N2O6/c1-11(20)24-15(19(5)10-14(21)25-17(2,3)4)12-8-6-7-9-13(12)18-16(22)23/h6-9,15,18H,10H2,1-5H3,(H,22,23). The smallest absolute Gasteiger partial charge is 0.409 e. The Morgan fingerprint density at radius 3 is 2.36 bits per heavy atom. The molecule has 0 saturated carbocycles. The third-order valence-electron chi connectivity index (χ3n) is 2.94. The first-order valence-corrected chi connectivity index (χ1v) is 7.68. The molecule has 1 rings (SSSR count). The van der Waals surface area contributed by atoms with E-state index in [9.17, 15) is 14.4 Å². The lowest BCUT2D eigenvalue weighted by molar-refractivity contribution is -0.166. The zero-order chi connectivity index (χ0) is 19.2. The minimum Gasteiger partial charge on any atom is -0.465 e. The number of hydrogen-bond acceptors (Lipinski definition) is 6. The summed E-state index contributed by atoms with van der Waals surface area (Å²) in [6.45, 7) is 6.35. The van der Waals surface area contributed by atoms with Crippen LogP contribution in [0.5, 0.6) is 0 Å². The fourth-order valence-corrected chi connectivity index (χ4v) is 2.15. The Morgan fingerprint density at radius 2 is 1.84 bits per heavy atom. The predicted octanol–water partition coefficient (Wildman–Crippen LogP) is 2.61. The zero-order valence-corrected chi connectivity index (χ0v) is 15.0. The summed E-state index contributed by atoms with van der Waals surface area (Å²) in [5.74, 6) is -1.05. The van der Waals surface area contributed by atoms with Crippen molar-refractivity contribution >= 4 is 23.7 Å². The summed E-state index contributed by atoms with van der Waals surface area (Å²) in [6.07, 6.45) is -2.20. The number of ether oxygens (including phenoxy) is 2. The lowest BCUT2D eigenvalue weighted by atomic mass is 10.1. The molecule has 25 heavy (non-hydrogen) atoms. The first-order valence-electron chi connectivity index (χ1n) is 7.68. The average molecular weight is 352 g/mol. The quantitative estimate of drug-likeness (QED) is 0.599. The molecule has 0 spiro atoms. The van der Waals surface area contributed by atoms with Gasteiger partial charge in [-0.15, -0.1) is 0 Å². The van der Waals surface area contributed by atoms with Gasteiger partial charge in [0.2, 0.25) is 0 Å². The molecule has 8 nitrogen and oxygen atoms in total. The lowest BCUT2D eigenvalue weighted by Crippen LogP contribution is -2.36. The molecule has 0 bridgehead atoms. The fraction of sp³-hybridized carbons (Fsp3) is 0.471. The molecular formula is C17H24N2O6. The van der Waals surface area contributed by atoms with E-state index in [4.69, 9.17) is 14.6 Å². The third-order valence-corrected chi connectivity index (χ3v) is 2.94. The van der Waals surface area contributed by atoms with Crippen molar-refractivity contribution in [2.45, 2.75) is 39.5 Å². The molecule has 1 atom stereocenters. The molecule has 0 aromatic heterocycles. The second-order valence-corrected chi connectivity index (χ2v) is 6.48. The normalized spacial score (nSPS) is 12.4. The highest BCUT2D eigenvalue weighted by Crippen LogP contribution is 2.28. The molecule has 2 N–H and O–H groups in total. The molecule has 0 aliphatic heterocycles. The average Bonchev–Trinajstić information content (AvgIpc) is 2.42. The van der Waals surface area contributed by atoms with Crippen LogP contribution in [0.3, 0.4) is 0 Å². The number of amides is 1. The van der Waals surface area contributed by atoms with Crippen molar-refractivity contribution in [3.05, 3.63) is 29.8 Å². The molecule has 0 radical (unpaired) electrons. The van der Waals surface area contributed by atoms with Crippen molar-refractivity contribution in [1.82, 2.24) is 4.90 Å². The van der Waals surface area contributed by atoms with Gasteiger partial charge < -0.3 is 14.6 Å². The van der Waals surface area contributed by atoms with Gasteiger partial charge in [-0.2, -0.15) is 0 Å². The van der Waals surface area contributed by atoms with Crippen LogP contribution in [0.4, 0.5) is 10.5 Å². The summed E-state index contributed by atoms with van der Waals surface area (Å²) in [5, 5.41) is 11.2. The number of benzene rings is 1. The first-order chi connectivity index (χ1) is 11.5. The van der Waals surface area contributed by atoms with E-state index >= 15 is 0 Å². The highest BCUT2D eigenvalue weighted by Gasteiger charge is 2.27. The maximum atomic E-state index is 12.0. The number of carbonyl (C=O) groups is 3. The van der Waals surface area contributed by atoms with Crippen LogP contribution in [0.2, 0.25) is 0 Å². The maximum absolute atomic E-state index is 12.0. The Morgan fingerprint density at radius 1 is 1.24 bits per heavy atom. The monoisotopic (exact) mass is 352 g/mol. The van der Waals surface area contributed by atoms with Gasteiger partial charge in [-0.1, -0.05) is 18.2 Å². The third kappa shape index (κ3) is 7.21. The molecule has 8 heteroatoms. The molecule has 1 aromatic rings. The van der Waals surface area contributed by atoms with Crippen molar-refractivity contribution in [1.29, 1.82) is 0 Å². The zero-order valence-electron chi connectivity index (χ0n) is 15.0. The van der Waals surface area contributed by atoms with Gasteiger partial charge in [0, 0.05) is 12.5 Å². The number of para-hydroxylation sites is 1. The van der Waals surface area contributed by atoms with Crippen LogP contribution in [0.15, 0.2) is 24.3 Å². The Kier molecular flexibility index (Phi) is 6.93. The number of nitrogens with zero attached hydrogens (tertiary/aromatic N) is 1. The molecule has 1 amide bonds. The summed E-state index contributed by atoms with van der Waals surface area (Å²) in [6, 6.07) is 6.49. The largest absolute Gasteiger partial charge is 0.465 e. The first kappa shape index (κ1) is 20.4. The lowest BCUT2D eigenvalue weighted by Gasteiger charge is -2.29. The van der Waals surface area contributed by atoms with Crippen LogP contribution in [0, 0.1) is 0 Å². The van der Waals surface area contributed by atoms with E-state index in [0.717, 1.165) is 0 Å². The summed E-state index contributed by atoms with van der Waals surface area (Å²) in [5.41, 5.74) is 0.0286. The van der Waals surface area contributed by atoms with Gasteiger partial charge in [0.1, 0.15) is 5.60 Å². The number of carboxylic acid groups (broad SMARTS) is 1. The number of rotatable bonds is 6. The van der Waals surface area contributed by atoms with Crippen LogP contribution in [-0.4, -0.2) is 47.2 Å². The molecule has 0 aliphatic carbocycles. The molecule has 138 valence electrons. The minimum absolute atomic E-state index is 0.142. The summed E-state index contributed by atoms with van der Waals surface area (Å²) >= 11 is 0. The molecule has 0 aliphatic rings. The van der Waals surface area contributed by atoms with Crippen molar-refractivity contribution in [2.75, 3.05) is 18.9 Å². The van der Waals surface area contributed by atoms with Gasteiger partial charge in [0.25, 0.3) is 0 Å². The molecule has 0 saturated heterocycles. The topological polar surface area (TPSA) is 105 Å². The van der Waals surface area contributed by atoms with Gasteiger partial charge in [0.15, 0.2) is 6.23 Å². The van der Waals surface area contributed by atoms with Crippen LogP contribution in [-0.2, 0) is 19.1 Å². The fourth-order valence-electron chi connectivity index (χ4n) is 2.15. The highest BCUT2D eigenvalue weighted by molar-refractivity contribution is 5.84. The minimum atomic E-state index is -1.25. The Labute approximate surface area is 146 Å². The molecule has 1 aromatic carbocycles. The highest BCUT2D eigenvalue weighted by atomic mass is 16.6. The van der Waals surface area contributed by atoms with E-state index < -0.39 is 29.9 Å². The summed E-state index contributed by atoms with van der Waals surface area (Å²) in [4.78, 5) is 36.0. The van der Waals surface area contributed by atoms with Gasteiger partial charge >= 0.3 is 18.0 Å². The summed E-state index contributed by atoms with van der Waals surface area (Å²) in [7, 11) is 1.58. The van der Waals surface area contributed by atoms with E-state index in [1.165, 1.54) is 11.8 Å². The molecule has 0 fully saturated rings. The van der Waals surface area contributed by atoms with Gasteiger partial charge in [0.05, 0.1) is 12.2 Å². The molecular weight excluding hydrogens is 328 g/mol. The Bertz CT molecular complexity index is 638. The van der Waals surface area contributed by atoms with Crippen LogP contribution >= 0.6 is 0 Å². The second-order valence-electron chi connectivity index (χ2n) is 6.48. The van der Waals surface area contributed by atoms with Gasteiger partial charge in [-0.3, -0.25) is 19.8 Å². The Hall–Kier alpha value is -2.61. The van der Waals surface area contributed by atoms with Gasteiger partial charge in [-0.05, 0) is 33.9 Å². The van der Waals surface area contributed by atoms with Crippen LogP contribution in [0.25, 0.3) is 0 Å². The van der Waals surface area contributed by atoms with E-state index in [1.54, 1.807) is 52.1 Å². The number of likely N-dealkylation sites (N-methyl/N-ethyl adjacent to an activating group) is 1. The molecule has 1 unspecified atom stereocenters. The SMILES string of the molecule is CC(=O)OC(c1ccccc1NC(=O)O)N(C)CC(=O)OC(C)(C)C. The molecule has 0 heterocycles. The van der Waals surface area contributed by atoms with Crippen molar-refractivity contribution in [3.8, 4) is 0 Å². The van der Waals surface area contributed by atoms with Crippen molar-refractivity contribution < 1.29 is 29.0 Å². The second kappa shape index (κ2) is 8.48. The van der Waals surface area contributed by atoms with Gasteiger partial charge in [-0.25, -0.2) is 4.79 Å². The number of anilines is 1. The number of esters is 2. The van der Waals surface area contributed by atoms with E-state index in [1.807, 2.05) is 0 Å². The van der Waals surface area contributed by atoms with E-state index in [0.29, 0.717) is 5.56 Å². The van der Waals surface area contributed by atoms with Crippen molar-refractivity contribution in [2.24, 2.45) is 0 Å². The number of nitrogens with one attached hydrogen (secondary N) is 1. The van der Waals surface area contributed by atoms with E-state index in [2.05, 4.69) is 5.32 Å². The predicted molar refractivity (Wildman–Crippen MR) is 91.1 cm³/mol.